The van der Waals surface area contributed by atoms with Crippen LogP contribution in [0.5, 0.6) is 0 Å². The largest absolute Gasteiger partial charge is 0.358 e. The van der Waals surface area contributed by atoms with Crippen molar-refractivity contribution in [3.63, 3.8) is 0 Å². The zero-order valence-electron chi connectivity index (χ0n) is 15.0. The number of aromatic nitrogens is 4. The molecule has 2 heterocycles. The maximum atomic E-state index is 13.6. The monoisotopic (exact) mass is 441 g/mol. The molecule has 0 atom stereocenters. The van der Waals surface area contributed by atoms with Crippen molar-refractivity contribution in [2.45, 2.75) is 19.9 Å². The highest BCUT2D eigenvalue weighted by molar-refractivity contribution is 9.10. The fraction of sp³-hybridized carbons (Fsp3) is 0.150. The lowest BCUT2D eigenvalue weighted by molar-refractivity contribution is -0.115. The SMILES string of the molecule is Cc1[nH]c2ccc(F)cc2c1CC(=O)Nc1ncn(Cc2ccc(Br)cc2)n1. The van der Waals surface area contributed by atoms with E-state index in [2.05, 4.69) is 36.3 Å². The van der Waals surface area contributed by atoms with Crippen molar-refractivity contribution in [2.75, 3.05) is 5.32 Å². The van der Waals surface area contributed by atoms with Crippen LogP contribution in [0.4, 0.5) is 10.3 Å². The Hall–Kier alpha value is -3.00. The number of rotatable bonds is 5. The smallest absolute Gasteiger partial charge is 0.248 e. The van der Waals surface area contributed by atoms with Crippen molar-refractivity contribution in [1.82, 2.24) is 19.7 Å². The van der Waals surface area contributed by atoms with Crippen molar-refractivity contribution >= 4 is 38.7 Å². The highest BCUT2D eigenvalue weighted by Gasteiger charge is 2.14. The van der Waals surface area contributed by atoms with Crippen LogP contribution < -0.4 is 5.32 Å². The van der Waals surface area contributed by atoms with Gasteiger partial charge in [0.25, 0.3) is 0 Å². The Morgan fingerprint density at radius 1 is 1.25 bits per heavy atom. The second kappa shape index (κ2) is 7.55. The van der Waals surface area contributed by atoms with Crippen LogP contribution in [-0.4, -0.2) is 25.7 Å². The van der Waals surface area contributed by atoms with Gasteiger partial charge in [0.15, 0.2) is 0 Å². The lowest BCUT2D eigenvalue weighted by Gasteiger charge is -2.03. The molecule has 0 aliphatic carbocycles. The van der Waals surface area contributed by atoms with E-state index in [0.717, 1.165) is 26.8 Å². The van der Waals surface area contributed by atoms with E-state index in [4.69, 9.17) is 0 Å². The minimum absolute atomic E-state index is 0.108. The van der Waals surface area contributed by atoms with Crippen LogP contribution in [0.25, 0.3) is 10.9 Å². The van der Waals surface area contributed by atoms with Crippen molar-refractivity contribution in [3.05, 3.63) is 75.9 Å². The van der Waals surface area contributed by atoms with Gasteiger partial charge in [-0.3, -0.25) is 10.1 Å². The molecule has 0 saturated carbocycles. The number of hydrogen-bond donors (Lipinski definition) is 2. The zero-order chi connectivity index (χ0) is 19.7. The number of amides is 1. The topological polar surface area (TPSA) is 75.6 Å². The number of anilines is 1. The maximum absolute atomic E-state index is 13.6. The van der Waals surface area contributed by atoms with E-state index in [1.165, 1.54) is 12.1 Å². The summed E-state index contributed by atoms with van der Waals surface area (Å²) < 4.78 is 16.2. The molecule has 1 amide bonds. The van der Waals surface area contributed by atoms with Crippen molar-refractivity contribution in [1.29, 1.82) is 0 Å². The Balaban J connectivity index is 1.45. The van der Waals surface area contributed by atoms with Crippen LogP contribution in [0.3, 0.4) is 0 Å². The molecular formula is C20H17BrFN5O. The van der Waals surface area contributed by atoms with E-state index < -0.39 is 0 Å². The molecule has 0 aliphatic heterocycles. The molecule has 0 aliphatic rings. The van der Waals surface area contributed by atoms with Gasteiger partial charge < -0.3 is 4.98 Å². The van der Waals surface area contributed by atoms with E-state index in [1.54, 1.807) is 17.1 Å². The van der Waals surface area contributed by atoms with Gasteiger partial charge in [-0.2, -0.15) is 0 Å². The quantitative estimate of drug-likeness (QED) is 0.487. The van der Waals surface area contributed by atoms with Crippen molar-refractivity contribution < 1.29 is 9.18 Å². The number of halogens is 2. The number of hydrogen-bond acceptors (Lipinski definition) is 3. The predicted molar refractivity (Wildman–Crippen MR) is 109 cm³/mol. The molecule has 6 nitrogen and oxygen atoms in total. The average molecular weight is 442 g/mol. The number of nitrogens with one attached hydrogen (secondary N) is 2. The molecule has 8 heteroatoms. The van der Waals surface area contributed by atoms with Gasteiger partial charge >= 0.3 is 0 Å². The van der Waals surface area contributed by atoms with Crippen LogP contribution in [0.2, 0.25) is 0 Å². The number of aromatic amines is 1. The van der Waals surface area contributed by atoms with Gasteiger partial charge in [0.1, 0.15) is 12.1 Å². The summed E-state index contributed by atoms with van der Waals surface area (Å²) in [5, 5.41) is 7.70. The first-order valence-electron chi connectivity index (χ1n) is 8.68. The minimum atomic E-state index is -0.332. The molecule has 0 fully saturated rings. The van der Waals surface area contributed by atoms with Crippen LogP contribution >= 0.6 is 15.9 Å². The van der Waals surface area contributed by atoms with Gasteiger partial charge in [0.2, 0.25) is 11.9 Å². The molecule has 4 rings (SSSR count). The molecule has 4 aromatic rings. The molecule has 0 radical (unpaired) electrons. The van der Waals surface area contributed by atoms with Gasteiger partial charge in [-0.15, -0.1) is 5.10 Å². The Kier molecular flexibility index (Phi) is 4.95. The highest BCUT2D eigenvalue weighted by Crippen LogP contribution is 2.23. The third-order valence-electron chi connectivity index (χ3n) is 4.46. The molecule has 0 bridgehead atoms. The number of carbonyl (C=O) groups is 1. The minimum Gasteiger partial charge on any atom is -0.358 e. The summed E-state index contributed by atoms with van der Waals surface area (Å²) in [5.74, 6) is -0.345. The third kappa shape index (κ3) is 3.96. The molecule has 0 unspecified atom stereocenters. The number of benzene rings is 2. The van der Waals surface area contributed by atoms with Gasteiger partial charge in [0.05, 0.1) is 13.0 Å². The first-order chi connectivity index (χ1) is 13.5. The van der Waals surface area contributed by atoms with Gasteiger partial charge in [-0.1, -0.05) is 28.1 Å². The third-order valence-corrected chi connectivity index (χ3v) is 4.99. The Morgan fingerprint density at radius 2 is 2.04 bits per heavy atom. The summed E-state index contributed by atoms with van der Waals surface area (Å²) in [7, 11) is 0. The van der Waals surface area contributed by atoms with E-state index in [9.17, 15) is 9.18 Å². The van der Waals surface area contributed by atoms with Gasteiger partial charge in [0, 0.05) is 21.1 Å². The van der Waals surface area contributed by atoms with Gasteiger partial charge in [-0.05, 0) is 48.4 Å². The maximum Gasteiger partial charge on any atom is 0.248 e. The number of fused-ring (bicyclic) bond motifs is 1. The zero-order valence-corrected chi connectivity index (χ0v) is 16.6. The van der Waals surface area contributed by atoms with Crippen molar-refractivity contribution in [3.8, 4) is 0 Å². The summed E-state index contributed by atoms with van der Waals surface area (Å²) in [6.45, 7) is 2.42. The molecule has 142 valence electrons. The van der Waals surface area contributed by atoms with E-state index in [-0.39, 0.29) is 24.1 Å². The van der Waals surface area contributed by atoms with E-state index in [0.29, 0.717) is 11.9 Å². The van der Waals surface area contributed by atoms with Gasteiger partial charge in [-0.25, -0.2) is 14.1 Å². The van der Waals surface area contributed by atoms with Crippen LogP contribution in [0.1, 0.15) is 16.8 Å². The predicted octanol–water partition coefficient (Wildman–Crippen LogP) is 4.20. The Bertz CT molecular complexity index is 1150. The molecule has 2 N–H and O–H groups in total. The fourth-order valence-corrected chi connectivity index (χ4v) is 3.38. The fourth-order valence-electron chi connectivity index (χ4n) is 3.12. The second-order valence-electron chi connectivity index (χ2n) is 6.54. The summed E-state index contributed by atoms with van der Waals surface area (Å²) in [5.41, 5.74) is 3.48. The number of aryl methyl sites for hydroxylation is 1. The molecule has 2 aromatic heterocycles. The standard InChI is InChI=1S/C20H17BrFN5O/c1-12-16(17-8-15(22)6-7-18(17)24-12)9-19(28)25-20-23-11-27(26-20)10-13-2-4-14(21)5-3-13/h2-8,11,24H,9-10H2,1H3,(H,25,26,28). The number of carbonyl (C=O) groups excluding carboxylic acids is 1. The first kappa shape index (κ1) is 18.4. The lowest BCUT2D eigenvalue weighted by atomic mass is 10.1. The number of nitrogens with zero attached hydrogens (tertiary/aromatic N) is 3. The van der Waals surface area contributed by atoms with Crippen LogP contribution in [0, 0.1) is 12.7 Å². The number of H-pyrrole nitrogens is 1. The molecule has 28 heavy (non-hydrogen) atoms. The lowest BCUT2D eigenvalue weighted by Crippen LogP contribution is -2.16. The van der Waals surface area contributed by atoms with Crippen LogP contribution in [-0.2, 0) is 17.8 Å². The highest BCUT2D eigenvalue weighted by atomic mass is 79.9. The van der Waals surface area contributed by atoms with Crippen LogP contribution in [0.15, 0.2) is 53.3 Å². The average Bonchev–Trinajstić information content (AvgIpc) is 3.21. The second-order valence-corrected chi connectivity index (χ2v) is 7.45. The molecule has 0 saturated heterocycles. The van der Waals surface area contributed by atoms with E-state index >= 15 is 0 Å². The Labute approximate surface area is 168 Å². The Morgan fingerprint density at radius 3 is 2.82 bits per heavy atom. The molecule has 0 spiro atoms. The molecule has 2 aromatic carbocycles. The molecular weight excluding hydrogens is 425 g/mol. The normalized spacial score (nSPS) is 11.1. The summed E-state index contributed by atoms with van der Waals surface area (Å²) >= 11 is 3.40. The summed E-state index contributed by atoms with van der Waals surface area (Å²) in [6, 6.07) is 12.4. The first-order valence-corrected chi connectivity index (χ1v) is 9.47. The van der Waals surface area contributed by atoms with E-state index in [1.807, 2.05) is 31.2 Å². The van der Waals surface area contributed by atoms with Crippen molar-refractivity contribution in [2.24, 2.45) is 0 Å². The summed E-state index contributed by atoms with van der Waals surface area (Å²) in [6.07, 6.45) is 1.68. The summed E-state index contributed by atoms with van der Waals surface area (Å²) in [4.78, 5) is 19.8.